The highest BCUT2D eigenvalue weighted by molar-refractivity contribution is 5.67. The predicted molar refractivity (Wildman–Crippen MR) is 104 cm³/mol. The summed E-state index contributed by atoms with van der Waals surface area (Å²) in [5, 5.41) is 0. The molecule has 2 aliphatic heterocycles. The summed E-state index contributed by atoms with van der Waals surface area (Å²) in [5.41, 5.74) is 0.145. The molecule has 8 atom stereocenters. The molecular formula is C23H32O6. The van der Waals surface area contributed by atoms with Crippen molar-refractivity contribution in [3.05, 3.63) is 11.6 Å². The minimum absolute atomic E-state index is 0.0234. The lowest BCUT2D eigenvalue weighted by Gasteiger charge is -2.54. The predicted octanol–water partition coefficient (Wildman–Crippen LogP) is 3.18. The Labute approximate surface area is 172 Å². The van der Waals surface area contributed by atoms with Crippen LogP contribution in [0.3, 0.4) is 0 Å². The van der Waals surface area contributed by atoms with Crippen LogP contribution in [0, 0.1) is 23.2 Å². The average molecular weight is 405 g/mol. The van der Waals surface area contributed by atoms with Gasteiger partial charge < -0.3 is 18.9 Å². The number of carbonyl (C=O) groups excluding carboxylic acids is 2. The Bertz CT molecular complexity index is 788. The molecular weight excluding hydrogens is 372 g/mol. The van der Waals surface area contributed by atoms with Gasteiger partial charge in [-0.25, -0.2) is 0 Å². The minimum atomic E-state index is -0.522. The van der Waals surface area contributed by atoms with Crippen LogP contribution in [0.2, 0.25) is 0 Å². The summed E-state index contributed by atoms with van der Waals surface area (Å²) in [6, 6.07) is 0. The van der Waals surface area contributed by atoms with Gasteiger partial charge in [-0.3, -0.25) is 9.59 Å². The van der Waals surface area contributed by atoms with E-state index >= 15 is 0 Å². The first kappa shape index (κ1) is 19.6. The summed E-state index contributed by atoms with van der Waals surface area (Å²) in [5.74, 6) is 0.387. The number of rotatable bonds is 4. The molecule has 3 aliphatic carbocycles. The summed E-state index contributed by atoms with van der Waals surface area (Å²) in [4.78, 5) is 23.4. The Hall–Kier alpha value is -1.40. The van der Waals surface area contributed by atoms with Gasteiger partial charge in [0, 0.05) is 25.2 Å². The van der Waals surface area contributed by atoms with Gasteiger partial charge in [-0.1, -0.05) is 26.8 Å². The lowest BCUT2D eigenvalue weighted by Crippen LogP contribution is -2.67. The molecule has 2 saturated carbocycles. The topological polar surface area (TPSA) is 77.7 Å². The standard InChI is InChI=1S/C23H32O6/c1-12(2)16-9-19-23(29-19)21(5)8-6-7-15(11-26-13(3)24)17(21)10-18-22(23,28-18)20(16)27-14(4)25/h7,12,16-20H,6,8-11H2,1-5H3/t16?,17?,18-,19-,20+,21-,22+,23+/m0/s1. The third-order valence-corrected chi connectivity index (χ3v) is 8.54. The Morgan fingerprint density at radius 1 is 1.17 bits per heavy atom. The Morgan fingerprint density at radius 3 is 2.59 bits per heavy atom. The van der Waals surface area contributed by atoms with Gasteiger partial charge in [0.15, 0.2) is 5.60 Å². The van der Waals surface area contributed by atoms with Crippen LogP contribution >= 0.6 is 0 Å². The van der Waals surface area contributed by atoms with E-state index in [1.54, 1.807) is 0 Å². The van der Waals surface area contributed by atoms with Crippen LogP contribution in [0.4, 0.5) is 0 Å². The lowest BCUT2D eigenvalue weighted by molar-refractivity contribution is -0.166. The zero-order valence-electron chi connectivity index (χ0n) is 18.0. The van der Waals surface area contributed by atoms with Crippen LogP contribution in [0.5, 0.6) is 0 Å². The van der Waals surface area contributed by atoms with E-state index in [0.717, 1.165) is 25.7 Å². The molecule has 6 nitrogen and oxygen atoms in total. The van der Waals surface area contributed by atoms with Gasteiger partial charge in [0.05, 0.1) is 12.2 Å². The average Bonchev–Trinajstić information content (AvgIpc) is 3.52. The Balaban J connectivity index is 1.53. The fraction of sp³-hybridized carbons (Fsp3) is 0.826. The van der Waals surface area contributed by atoms with Gasteiger partial charge in [-0.05, 0) is 43.1 Å². The first-order valence-corrected chi connectivity index (χ1v) is 11.0. The SMILES string of the molecule is CC(=O)OCC1=CCC[C@@]2(C)C1C[C@@H]1O[C@@]13[C@H](OC(C)=O)C(C(C)C)C[C@@H]1O[C@@]132. The number of epoxide rings is 2. The number of hydrogen-bond acceptors (Lipinski definition) is 6. The van der Waals surface area contributed by atoms with Gasteiger partial charge in [0.25, 0.3) is 0 Å². The van der Waals surface area contributed by atoms with Gasteiger partial charge in [0.1, 0.15) is 18.3 Å². The maximum absolute atomic E-state index is 12.0. The monoisotopic (exact) mass is 404 g/mol. The molecule has 5 aliphatic rings. The molecule has 5 rings (SSSR count). The molecule has 0 aromatic heterocycles. The van der Waals surface area contributed by atoms with Gasteiger partial charge in [-0.2, -0.15) is 0 Å². The van der Waals surface area contributed by atoms with Gasteiger partial charge in [-0.15, -0.1) is 0 Å². The Kier molecular flexibility index (Phi) is 4.09. The van der Waals surface area contributed by atoms with Crippen LogP contribution in [0.15, 0.2) is 11.6 Å². The molecule has 2 heterocycles. The van der Waals surface area contributed by atoms with Crippen LogP contribution in [0.25, 0.3) is 0 Å². The molecule has 2 saturated heterocycles. The maximum Gasteiger partial charge on any atom is 0.303 e. The van der Waals surface area contributed by atoms with Crippen LogP contribution in [-0.2, 0) is 28.5 Å². The second kappa shape index (κ2) is 6.07. The molecule has 160 valence electrons. The zero-order valence-corrected chi connectivity index (χ0v) is 18.0. The second-order valence-corrected chi connectivity index (χ2v) is 10.2. The van der Waals surface area contributed by atoms with Crippen molar-refractivity contribution >= 4 is 11.9 Å². The van der Waals surface area contributed by atoms with E-state index in [-0.39, 0.29) is 47.5 Å². The highest BCUT2D eigenvalue weighted by Crippen LogP contribution is 2.79. The fourth-order valence-electron chi connectivity index (χ4n) is 7.27. The molecule has 0 aromatic rings. The van der Waals surface area contributed by atoms with Crippen molar-refractivity contribution in [2.24, 2.45) is 23.2 Å². The van der Waals surface area contributed by atoms with Gasteiger partial charge in [0.2, 0.25) is 0 Å². The van der Waals surface area contributed by atoms with Crippen molar-refractivity contribution in [1.82, 2.24) is 0 Å². The van der Waals surface area contributed by atoms with Crippen molar-refractivity contribution in [3.63, 3.8) is 0 Å². The molecule has 4 fully saturated rings. The summed E-state index contributed by atoms with van der Waals surface area (Å²) in [7, 11) is 0. The molecule has 0 radical (unpaired) electrons. The summed E-state index contributed by atoms with van der Waals surface area (Å²) < 4.78 is 24.4. The van der Waals surface area contributed by atoms with E-state index < -0.39 is 11.2 Å². The van der Waals surface area contributed by atoms with Crippen LogP contribution in [-0.4, -0.2) is 48.1 Å². The number of fused-ring (bicyclic) bond motifs is 1. The first-order chi connectivity index (χ1) is 13.7. The van der Waals surface area contributed by atoms with Gasteiger partial charge >= 0.3 is 11.9 Å². The fourth-order valence-corrected chi connectivity index (χ4v) is 7.27. The third-order valence-electron chi connectivity index (χ3n) is 8.54. The molecule has 0 bridgehead atoms. The van der Waals surface area contributed by atoms with Crippen molar-refractivity contribution in [2.45, 2.75) is 89.8 Å². The van der Waals surface area contributed by atoms with E-state index in [4.69, 9.17) is 18.9 Å². The number of allylic oxidation sites excluding steroid dienone is 1. The quantitative estimate of drug-likeness (QED) is 0.407. The highest BCUT2D eigenvalue weighted by Gasteiger charge is 2.93. The normalized spacial score (nSPS) is 49.0. The molecule has 0 amide bonds. The summed E-state index contributed by atoms with van der Waals surface area (Å²) >= 11 is 0. The van der Waals surface area contributed by atoms with E-state index in [1.165, 1.54) is 19.4 Å². The number of carbonyl (C=O) groups is 2. The van der Waals surface area contributed by atoms with Crippen LogP contribution < -0.4 is 0 Å². The van der Waals surface area contributed by atoms with E-state index in [1.807, 2.05) is 0 Å². The second-order valence-electron chi connectivity index (χ2n) is 10.2. The number of hydrogen-bond donors (Lipinski definition) is 0. The maximum atomic E-state index is 12.0. The number of esters is 2. The first-order valence-electron chi connectivity index (χ1n) is 11.0. The minimum Gasteiger partial charge on any atom is -0.461 e. The van der Waals surface area contributed by atoms with Crippen molar-refractivity contribution in [1.29, 1.82) is 0 Å². The molecule has 2 spiro atoms. The number of ether oxygens (including phenoxy) is 4. The third kappa shape index (κ3) is 2.36. The smallest absolute Gasteiger partial charge is 0.303 e. The van der Waals surface area contributed by atoms with E-state index in [2.05, 4.69) is 26.8 Å². The van der Waals surface area contributed by atoms with Crippen molar-refractivity contribution < 1.29 is 28.5 Å². The van der Waals surface area contributed by atoms with Crippen LogP contribution in [0.1, 0.15) is 60.3 Å². The van der Waals surface area contributed by atoms with E-state index in [9.17, 15) is 9.59 Å². The molecule has 2 unspecified atom stereocenters. The summed E-state index contributed by atoms with van der Waals surface area (Å²) in [6.07, 6.45) is 5.86. The van der Waals surface area contributed by atoms with E-state index in [0.29, 0.717) is 12.5 Å². The zero-order chi connectivity index (χ0) is 20.8. The molecule has 6 heteroatoms. The van der Waals surface area contributed by atoms with Crippen molar-refractivity contribution in [3.8, 4) is 0 Å². The molecule has 29 heavy (non-hydrogen) atoms. The van der Waals surface area contributed by atoms with Crippen molar-refractivity contribution in [2.75, 3.05) is 6.61 Å². The molecule has 0 aromatic carbocycles. The Morgan fingerprint density at radius 2 is 1.93 bits per heavy atom. The lowest BCUT2D eigenvalue weighted by atomic mass is 9.47. The molecule has 0 N–H and O–H groups in total. The highest BCUT2D eigenvalue weighted by atomic mass is 16.7. The largest absolute Gasteiger partial charge is 0.461 e. The summed E-state index contributed by atoms with van der Waals surface area (Å²) in [6.45, 7) is 9.99.